The van der Waals surface area contributed by atoms with Crippen molar-refractivity contribution in [3.8, 4) is 0 Å². The lowest BCUT2D eigenvalue weighted by Crippen LogP contribution is -2.39. The van der Waals surface area contributed by atoms with Crippen molar-refractivity contribution in [2.45, 2.75) is 0 Å². The van der Waals surface area contributed by atoms with Crippen molar-refractivity contribution < 1.29 is 27.8 Å². The van der Waals surface area contributed by atoms with E-state index in [0.717, 1.165) is 15.3 Å². The summed E-state index contributed by atoms with van der Waals surface area (Å²) in [6.45, 7) is 1.35. The van der Waals surface area contributed by atoms with E-state index in [4.69, 9.17) is 5.11 Å². The SMILES string of the molecule is CN(CCN(C)C(=O)O)CCN1c2ccccc2N(c2ccc(F)cc2F)S1(O)O. The first-order valence-electron chi connectivity index (χ1n) is 9.16. The Morgan fingerprint density at radius 2 is 1.67 bits per heavy atom. The summed E-state index contributed by atoms with van der Waals surface area (Å²) in [7, 11) is -0.379. The molecule has 0 saturated carbocycles. The molecule has 0 unspecified atom stereocenters. The largest absolute Gasteiger partial charge is 0.465 e. The van der Waals surface area contributed by atoms with E-state index in [1.165, 1.54) is 17.4 Å². The van der Waals surface area contributed by atoms with Crippen LogP contribution in [0, 0.1) is 11.6 Å². The van der Waals surface area contributed by atoms with Gasteiger partial charge in [-0.2, -0.15) is 0 Å². The molecule has 0 bridgehead atoms. The minimum atomic E-state index is -3.64. The molecular formula is C19H24F2N4O4S. The predicted octanol–water partition coefficient (Wildman–Crippen LogP) is 4.05. The maximum absolute atomic E-state index is 14.5. The molecule has 0 aromatic heterocycles. The number of benzene rings is 2. The fourth-order valence-corrected chi connectivity index (χ4v) is 4.92. The Morgan fingerprint density at radius 3 is 2.30 bits per heavy atom. The third kappa shape index (κ3) is 4.29. The Labute approximate surface area is 175 Å². The van der Waals surface area contributed by atoms with E-state index in [1.54, 1.807) is 31.3 Å². The molecule has 11 heteroatoms. The van der Waals surface area contributed by atoms with Crippen LogP contribution in [0.1, 0.15) is 0 Å². The number of para-hydroxylation sites is 2. The average molecular weight is 442 g/mol. The van der Waals surface area contributed by atoms with Crippen LogP contribution >= 0.6 is 11.0 Å². The Balaban J connectivity index is 1.81. The fraction of sp³-hybridized carbons (Fsp3) is 0.316. The van der Waals surface area contributed by atoms with E-state index >= 15 is 0 Å². The molecule has 1 aliphatic rings. The number of fused-ring (bicyclic) bond motifs is 1. The van der Waals surface area contributed by atoms with E-state index < -0.39 is 28.7 Å². The minimum absolute atomic E-state index is 0.136. The molecule has 0 atom stereocenters. The van der Waals surface area contributed by atoms with Gasteiger partial charge in [0.05, 0.1) is 17.9 Å². The van der Waals surface area contributed by atoms with Gasteiger partial charge in [-0.1, -0.05) is 12.1 Å². The lowest BCUT2D eigenvalue weighted by Gasteiger charge is -2.44. The normalized spacial score (nSPS) is 16.0. The summed E-state index contributed by atoms with van der Waals surface area (Å²) in [5, 5.41) is 8.93. The van der Waals surface area contributed by atoms with Crippen LogP contribution < -0.4 is 8.61 Å². The van der Waals surface area contributed by atoms with Crippen molar-refractivity contribution in [2.75, 3.05) is 48.9 Å². The summed E-state index contributed by atoms with van der Waals surface area (Å²) in [6, 6.07) is 9.69. The van der Waals surface area contributed by atoms with Crippen molar-refractivity contribution in [2.24, 2.45) is 0 Å². The first kappa shape index (κ1) is 22.1. The standard InChI is InChI=1S/C19H24F2N4O4S/c1-22(9-11-23(2)19(26)27)10-12-24-17-5-3-4-6-18(17)25(30(24,28)29)16-8-7-14(20)13-15(16)21/h3-8,13,28-29H,9-12H2,1-2H3,(H,26,27). The van der Waals surface area contributed by atoms with Gasteiger partial charge < -0.3 is 14.9 Å². The molecule has 1 amide bonds. The van der Waals surface area contributed by atoms with Crippen LogP contribution in [0.15, 0.2) is 42.5 Å². The predicted molar refractivity (Wildman–Crippen MR) is 113 cm³/mol. The Morgan fingerprint density at radius 1 is 1.00 bits per heavy atom. The van der Waals surface area contributed by atoms with Gasteiger partial charge in [-0.05, 0) is 42.3 Å². The van der Waals surface area contributed by atoms with Crippen molar-refractivity contribution in [1.29, 1.82) is 0 Å². The zero-order valence-corrected chi connectivity index (χ0v) is 17.4. The van der Waals surface area contributed by atoms with Crippen molar-refractivity contribution in [1.82, 2.24) is 9.80 Å². The van der Waals surface area contributed by atoms with Gasteiger partial charge in [0.2, 0.25) is 0 Å². The molecule has 0 radical (unpaired) electrons. The number of anilines is 3. The molecule has 0 fully saturated rings. The van der Waals surface area contributed by atoms with Crippen molar-refractivity contribution in [3.63, 3.8) is 0 Å². The van der Waals surface area contributed by atoms with E-state index in [9.17, 15) is 22.7 Å². The lowest BCUT2D eigenvalue weighted by atomic mass is 10.2. The maximum atomic E-state index is 14.5. The van der Waals surface area contributed by atoms with Gasteiger partial charge >= 0.3 is 6.09 Å². The third-order valence-electron chi connectivity index (χ3n) is 4.87. The van der Waals surface area contributed by atoms with Crippen LogP contribution in [0.4, 0.5) is 30.6 Å². The van der Waals surface area contributed by atoms with Gasteiger partial charge in [0.1, 0.15) is 11.5 Å². The van der Waals surface area contributed by atoms with Gasteiger partial charge in [-0.25, -0.2) is 17.9 Å². The molecule has 1 heterocycles. The number of carbonyl (C=O) groups is 1. The highest BCUT2D eigenvalue weighted by atomic mass is 32.3. The second-order valence-electron chi connectivity index (χ2n) is 6.98. The van der Waals surface area contributed by atoms with Crippen molar-refractivity contribution >= 4 is 34.1 Å². The highest BCUT2D eigenvalue weighted by molar-refractivity contribution is 8.27. The summed E-state index contributed by atoms with van der Waals surface area (Å²) < 4.78 is 52.3. The van der Waals surface area contributed by atoms with E-state index in [0.29, 0.717) is 37.1 Å². The number of amides is 1. The Kier molecular flexibility index (Phi) is 6.36. The van der Waals surface area contributed by atoms with Crippen LogP contribution in [0.3, 0.4) is 0 Å². The topological polar surface area (TPSA) is 90.7 Å². The van der Waals surface area contributed by atoms with Crippen LogP contribution in [-0.4, -0.2) is 70.4 Å². The van der Waals surface area contributed by atoms with E-state index in [2.05, 4.69) is 0 Å². The third-order valence-corrected chi connectivity index (χ3v) is 6.72. The Hall–Kier alpha value is -2.60. The lowest BCUT2D eigenvalue weighted by molar-refractivity contribution is 0.151. The minimum Gasteiger partial charge on any atom is -0.465 e. The molecule has 0 aliphatic carbocycles. The maximum Gasteiger partial charge on any atom is 0.407 e. The van der Waals surface area contributed by atoms with Gasteiger partial charge in [0.15, 0.2) is 5.82 Å². The highest BCUT2D eigenvalue weighted by Gasteiger charge is 2.42. The number of carboxylic acid groups (broad SMARTS) is 1. The second kappa shape index (κ2) is 8.64. The second-order valence-corrected chi connectivity index (χ2v) is 8.76. The van der Waals surface area contributed by atoms with E-state index in [1.807, 2.05) is 4.90 Å². The number of rotatable bonds is 7. The van der Waals surface area contributed by atoms with Crippen LogP contribution in [0.2, 0.25) is 0 Å². The van der Waals surface area contributed by atoms with Crippen molar-refractivity contribution in [3.05, 3.63) is 54.1 Å². The Bertz CT molecular complexity index is 933. The van der Waals surface area contributed by atoms with Crippen LogP contribution in [-0.2, 0) is 0 Å². The molecule has 8 nitrogen and oxygen atoms in total. The van der Waals surface area contributed by atoms with Gasteiger partial charge in [-0.15, -0.1) is 0 Å². The molecular weight excluding hydrogens is 418 g/mol. The zero-order chi connectivity index (χ0) is 22.1. The molecule has 3 rings (SSSR count). The molecule has 0 saturated heterocycles. The molecule has 2 aromatic rings. The molecule has 3 N–H and O–H groups in total. The average Bonchev–Trinajstić information content (AvgIpc) is 2.90. The summed E-state index contributed by atoms with van der Waals surface area (Å²) in [4.78, 5) is 13.9. The highest BCUT2D eigenvalue weighted by Crippen LogP contribution is 2.64. The number of hydrogen-bond donors (Lipinski definition) is 3. The van der Waals surface area contributed by atoms with Gasteiger partial charge in [0, 0.05) is 32.7 Å². The first-order valence-corrected chi connectivity index (χ1v) is 10.6. The zero-order valence-electron chi connectivity index (χ0n) is 16.6. The summed E-state index contributed by atoms with van der Waals surface area (Å²) in [5.41, 5.74) is 0.774. The number of likely N-dealkylation sites (N-methyl/N-ethyl adjacent to an activating group) is 2. The van der Waals surface area contributed by atoms with Crippen LogP contribution in [0.5, 0.6) is 0 Å². The first-order chi connectivity index (χ1) is 14.1. The molecule has 0 spiro atoms. The summed E-state index contributed by atoms with van der Waals surface area (Å²) >= 11 is 0. The molecule has 164 valence electrons. The monoisotopic (exact) mass is 442 g/mol. The summed E-state index contributed by atoms with van der Waals surface area (Å²) in [6.07, 6.45) is -1.02. The number of hydrogen-bond acceptors (Lipinski definition) is 6. The van der Waals surface area contributed by atoms with E-state index in [-0.39, 0.29) is 12.2 Å². The van der Waals surface area contributed by atoms with Gasteiger partial charge in [-0.3, -0.25) is 13.4 Å². The number of halogens is 2. The quantitative estimate of drug-likeness (QED) is 0.596. The fourth-order valence-electron chi connectivity index (χ4n) is 3.15. The molecule has 30 heavy (non-hydrogen) atoms. The smallest absolute Gasteiger partial charge is 0.407 e. The summed E-state index contributed by atoms with van der Waals surface area (Å²) in [5.74, 6) is -1.66. The van der Waals surface area contributed by atoms with Crippen LogP contribution in [0.25, 0.3) is 0 Å². The molecule has 2 aromatic carbocycles. The van der Waals surface area contributed by atoms with Gasteiger partial charge in [0.25, 0.3) is 0 Å². The number of nitrogens with zero attached hydrogens (tertiary/aromatic N) is 4. The molecule has 1 aliphatic heterocycles.